The van der Waals surface area contributed by atoms with Crippen molar-refractivity contribution in [1.29, 1.82) is 0 Å². The van der Waals surface area contributed by atoms with Crippen molar-refractivity contribution in [1.82, 2.24) is 10.5 Å². The summed E-state index contributed by atoms with van der Waals surface area (Å²) in [6.07, 6.45) is 2.46. The van der Waals surface area contributed by atoms with Crippen LogP contribution in [-0.2, 0) is 9.59 Å². The fraction of sp³-hybridized carbons (Fsp3) is 0.583. The van der Waals surface area contributed by atoms with Gasteiger partial charge in [0.25, 0.3) is 0 Å². The first-order chi connectivity index (χ1) is 9.34. The molecule has 1 rings (SSSR count). The molecule has 112 valence electrons. The minimum absolute atomic E-state index is 0.0116. The molecular formula is C12H19N3O4S. The van der Waals surface area contributed by atoms with Crippen LogP contribution in [0, 0.1) is 6.92 Å². The van der Waals surface area contributed by atoms with Crippen LogP contribution in [0.25, 0.3) is 0 Å². The van der Waals surface area contributed by atoms with Crippen molar-refractivity contribution >= 4 is 29.4 Å². The fourth-order valence-electron chi connectivity index (χ4n) is 1.36. The van der Waals surface area contributed by atoms with Gasteiger partial charge in [0.15, 0.2) is 5.82 Å². The number of amides is 2. The van der Waals surface area contributed by atoms with E-state index in [0.29, 0.717) is 12.2 Å². The molecule has 0 saturated carbocycles. The number of hydrogen-bond donors (Lipinski definition) is 3. The Morgan fingerprint density at radius 3 is 2.75 bits per heavy atom. The Morgan fingerprint density at radius 2 is 2.20 bits per heavy atom. The number of rotatable bonds is 6. The van der Waals surface area contributed by atoms with Crippen LogP contribution < -0.4 is 10.6 Å². The second kappa shape index (κ2) is 7.30. The van der Waals surface area contributed by atoms with Gasteiger partial charge in [0.1, 0.15) is 5.76 Å². The van der Waals surface area contributed by atoms with E-state index in [1.807, 2.05) is 6.26 Å². The Labute approximate surface area is 121 Å². The van der Waals surface area contributed by atoms with Crippen molar-refractivity contribution in [3.05, 3.63) is 11.8 Å². The third kappa shape index (κ3) is 5.62. The first-order valence-corrected chi connectivity index (χ1v) is 7.47. The lowest BCUT2D eigenvalue weighted by Crippen LogP contribution is -2.44. The highest BCUT2D eigenvalue weighted by molar-refractivity contribution is 7.98. The maximum atomic E-state index is 11.6. The van der Waals surface area contributed by atoms with E-state index in [2.05, 4.69) is 15.8 Å². The Morgan fingerprint density at radius 1 is 1.50 bits per heavy atom. The van der Waals surface area contributed by atoms with Crippen LogP contribution in [0.15, 0.2) is 10.6 Å². The molecule has 0 aromatic carbocycles. The number of carbonyl (C=O) groups excluding carboxylic acids is 2. The summed E-state index contributed by atoms with van der Waals surface area (Å²) in [4.78, 5) is 23.1. The van der Waals surface area contributed by atoms with E-state index in [1.54, 1.807) is 25.6 Å². The zero-order valence-electron chi connectivity index (χ0n) is 11.7. The molecule has 20 heavy (non-hydrogen) atoms. The van der Waals surface area contributed by atoms with Crippen LogP contribution in [0.5, 0.6) is 0 Å². The van der Waals surface area contributed by atoms with Crippen molar-refractivity contribution < 1.29 is 19.2 Å². The van der Waals surface area contributed by atoms with E-state index in [9.17, 15) is 14.7 Å². The largest absolute Gasteiger partial charge is 0.388 e. The molecule has 7 nitrogen and oxygen atoms in total. The molecule has 2 amide bonds. The fourth-order valence-corrected chi connectivity index (χ4v) is 2.00. The summed E-state index contributed by atoms with van der Waals surface area (Å²) < 4.78 is 4.76. The zero-order valence-corrected chi connectivity index (χ0v) is 12.5. The monoisotopic (exact) mass is 301 g/mol. The number of hydrogen-bond acceptors (Lipinski definition) is 6. The summed E-state index contributed by atoms with van der Waals surface area (Å²) in [7, 11) is 0. The summed E-state index contributed by atoms with van der Waals surface area (Å²) >= 11 is 1.60. The summed E-state index contributed by atoms with van der Waals surface area (Å²) in [6, 6.07) is 1.50. The van der Waals surface area contributed by atoms with Gasteiger partial charge in [0.05, 0.1) is 5.60 Å². The van der Waals surface area contributed by atoms with Gasteiger partial charge in [-0.3, -0.25) is 14.9 Å². The highest BCUT2D eigenvalue weighted by Gasteiger charge is 2.23. The quantitative estimate of drug-likeness (QED) is 0.663. The molecular weight excluding hydrogens is 282 g/mol. The number of nitrogens with one attached hydrogen (secondary N) is 2. The number of aromatic nitrogens is 1. The molecule has 8 heteroatoms. The molecule has 0 aliphatic rings. The lowest BCUT2D eigenvalue weighted by Gasteiger charge is -2.22. The highest BCUT2D eigenvalue weighted by atomic mass is 32.2. The third-order valence-corrected chi connectivity index (χ3v) is 3.16. The van der Waals surface area contributed by atoms with Gasteiger partial charge in [-0.05, 0) is 32.3 Å². The van der Waals surface area contributed by atoms with Crippen molar-refractivity contribution in [2.75, 3.05) is 23.9 Å². The first kappa shape index (κ1) is 16.5. The first-order valence-electron chi connectivity index (χ1n) is 6.08. The van der Waals surface area contributed by atoms with Gasteiger partial charge in [0.2, 0.25) is 0 Å². The van der Waals surface area contributed by atoms with Gasteiger partial charge < -0.3 is 14.9 Å². The van der Waals surface area contributed by atoms with E-state index in [1.165, 1.54) is 6.07 Å². The van der Waals surface area contributed by atoms with Crippen molar-refractivity contribution in [3.63, 3.8) is 0 Å². The number of nitrogens with zero attached hydrogens (tertiary/aromatic N) is 1. The van der Waals surface area contributed by atoms with Crippen LogP contribution in [-0.4, -0.2) is 46.2 Å². The molecule has 0 aliphatic heterocycles. The van der Waals surface area contributed by atoms with E-state index >= 15 is 0 Å². The zero-order chi connectivity index (χ0) is 15.2. The van der Waals surface area contributed by atoms with Crippen LogP contribution in [0.1, 0.15) is 19.1 Å². The standard InChI is InChI=1S/C12H19N3O4S/c1-8-6-9(15-19-8)14-11(17)10(16)13-7-12(2,18)4-5-20-3/h6,18H,4-5,7H2,1-3H3,(H,13,16)(H,14,15,17)/t12-/m0/s1. The predicted molar refractivity (Wildman–Crippen MR) is 76.5 cm³/mol. The maximum absolute atomic E-state index is 11.6. The molecule has 0 saturated heterocycles. The minimum atomic E-state index is -1.04. The smallest absolute Gasteiger partial charge is 0.314 e. The van der Waals surface area contributed by atoms with E-state index in [-0.39, 0.29) is 12.4 Å². The van der Waals surface area contributed by atoms with Crippen molar-refractivity contribution in [3.8, 4) is 0 Å². The average molecular weight is 301 g/mol. The second-order valence-corrected chi connectivity index (χ2v) is 5.68. The van der Waals surface area contributed by atoms with Crippen LogP contribution in [0.2, 0.25) is 0 Å². The third-order valence-electron chi connectivity index (χ3n) is 2.55. The Kier molecular flexibility index (Phi) is 6.03. The van der Waals surface area contributed by atoms with Gasteiger partial charge in [-0.25, -0.2) is 0 Å². The van der Waals surface area contributed by atoms with Crippen LogP contribution in [0.3, 0.4) is 0 Å². The number of thioether (sulfide) groups is 1. The summed E-state index contributed by atoms with van der Waals surface area (Å²) in [5, 5.41) is 18.2. The SMILES string of the molecule is CSCC[C@](C)(O)CNC(=O)C(=O)Nc1cc(C)on1. The topological polar surface area (TPSA) is 104 Å². The van der Waals surface area contributed by atoms with Gasteiger partial charge in [-0.15, -0.1) is 0 Å². The van der Waals surface area contributed by atoms with Crippen molar-refractivity contribution in [2.45, 2.75) is 25.9 Å². The number of anilines is 1. The molecule has 0 unspecified atom stereocenters. The molecule has 1 heterocycles. The summed E-state index contributed by atoms with van der Waals surface area (Å²) in [5.74, 6) is -0.195. The molecule has 0 radical (unpaired) electrons. The molecule has 0 spiro atoms. The lowest BCUT2D eigenvalue weighted by molar-refractivity contribution is -0.136. The Hall–Kier alpha value is -1.54. The second-order valence-electron chi connectivity index (χ2n) is 4.70. The van der Waals surface area contributed by atoms with Gasteiger partial charge >= 0.3 is 11.8 Å². The van der Waals surface area contributed by atoms with E-state index < -0.39 is 17.4 Å². The number of aryl methyl sites for hydroxylation is 1. The van der Waals surface area contributed by atoms with E-state index in [4.69, 9.17) is 4.52 Å². The van der Waals surface area contributed by atoms with E-state index in [0.717, 1.165) is 5.75 Å². The minimum Gasteiger partial charge on any atom is -0.388 e. The predicted octanol–water partition coefficient (Wildman–Crippen LogP) is 0.542. The summed E-state index contributed by atoms with van der Waals surface area (Å²) in [6.45, 7) is 3.30. The molecule has 1 aromatic rings. The number of carbonyl (C=O) groups is 2. The summed E-state index contributed by atoms with van der Waals surface area (Å²) in [5.41, 5.74) is -1.04. The van der Waals surface area contributed by atoms with Crippen molar-refractivity contribution in [2.24, 2.45) is 0 Å². The van der Waals surface area contributed by atoms with Crippen LogP contribution in [0.4, 0.5) is 5.82 Å². The molecule has 1 atom stereocenters. The molecule has 0 fully saturated rings. The highest BCUT2D eigenvalue weighted by Crippen LogP contribution is 2.11. The Balaban J connectivity index is 2.40. The van der Waals surface area contributed by atoms with Crippen LogP contribution >= 0.6 is 11.8 Å². The van der Waals surface area contributed by atoms with Gasteiger partial charge in [-0.1, -0.05) is 5.16 Å². The molecule has 3 N–H and O–H groups in total. The average Bonchev–Trinajstić information content (AvgIpc) is 2.79. The lowest BCUT2D eigenvalue weighted by atomic mass is 10.0. The van der Waals surface area contributed by atoms with Gasteiger partial charge in [0, 0.05) is 12.6 Å². The number of aliphatic hydroxyl groups is 1. The Bertz CT molecular complexity index is 473. The molecule has 0 aliphatic carbocycles. The molecule has 1 aromatic heterocycles. The normalized spacial score (nSPS) is 13.6. The van der Waals surface area contributed by atoms with Gasteiger partial charge in [-0.2, -0.15) is 11.8 Å². The maximum Gasteiger partial charge on any atom is 0.314 e. The molecule has 0 bridgehead atoms.